The molecule has 2 unspecified atom stereocenters. The molecule has 0 saturated carbocycles. The van der Waals surface area contributed by atoms with Gasteiger partial charge in [-0.25, -0.2) is 13.1 Å². The summed E-state index contributed by atoms with van der Waals surface area (Å²) < 4.78 is 66.0. The highest BCUT2D eigenvalue weighted by Crippen LogP contribution is 2.19. The minimum atomic E-state index is -4.83. The van der Waals surface area contributed by atoms with Crippen LogP contribution in [0.15, 0.2) is 34.1 Å². The van der Waals surface area contributed by atoms with E-state index in [1.54, 1.807) is 6.92 Å². The third kappa shape index (κ3) is 3.35. The molecule has 0 amide bonds. The predicted octanol–water partition coefficient (Wildman–Crippen LogP) is 0.800. The van der Waals surface area contributed by atoms with Crippen LogP contribution in [0.1, 0.15) is 13.3 Å². The van der Waals surface area contributed by atoms with Crippen LogP contribution in [0.4, 0.5) is 3.89 Å². The molecule has 0 bridgehead atoms. The maximum absolute atomic E-state index is 12.7. The summed E-state index contributed by atoms with van der Waals surface area (Å²) in [5.74, 6) is 0. The van der Waals surface area contributed by atoms with Gasteiger partial charge in [0.05, 0.1) is 21.9 Å². The van der Waals surface area contributed by atoms with E-state index in [1.165, 1.54) is 0 Å². The monoisotopic (exact) mass is 323 g/mol. The molecule has 1 aliphatic rings. The Balaban J connectivity index is 2.22. The van der Waals surface area contributed by atoms with Gasteiger partial charge in [0, 0.05) is 6.61 Å². The maximum Gasteiger partial charge on any atom is 0.332 e. The van der Waals surface area contributed by atoms with Gasteiger partial charge in [0.2, 0.25) is 10.0 Å². The molecule has 0 spiro atoms. The van der Waals surface area contributed by atoms with Crippen molar-refractivity contribution in [1.29, 1.82) is 0 Å². The first-order valence-corrected chi connectivity index (χ1v) is 8.75. The fourth-order valence-electron chi connectivity index (χ4n) is 1.94. The SMILES string of the molecule is CC1OCCC1NS(=O)(=O)c1ccc(S(=O)(=O)F)cc1. The highest BCUT2D eigenvalue weighted by molar-refractivity contribution is 7.89. The van der Waals surface area contributed by atoms with Gasteiger partial charge in [0.15, 0.2) is 0 Å². The molecular formula is C11H14FNO5S2. The molecule has 2 rings (SSSR count). The van der Waals surface area contributed by atoms with Crippen LogP contribution in [0, 0.1) is 0 Å². The number of ether oxygens (including phenoxy) is 1. The third-order valence-electron chi connectivity index (χ3n) is 3.10. The van der Waals surface area contributed by atoms with Crippen molar-refractivity contribution in [2.75, 3.05) is 6.61 Å². The molecule has 1 aliphatic heterocycles. The van der Waals surface area contributed by atoms with Gasteiger partial charge in [-0.3, -0.25) is 0 Å². The molecule has 9 heteroatoms. The first kappa shape index (κ1) is 15.4. The van der Waals surface area contributed by atoms with E-state index in [0.717, 1.165) is 24.3 Å². The molecule has 2 atom stereocenters. The van der Waals surface area contributed by atoms with E-state index in [-0.39, 0.29) is 17.0 Å². The molecule has 0 aliphatic carbocycles. The molecule has 20 heavy (non-hydrogen) atoms. The number of hydrogen-bond acceptors (Lipinski definition) is 5. The van der Waals surface area contributed by atoms with Gasteiger partial charge in [-0.2, -0.15) is 8.42 Å². The summed E-state index contributed by atoms with van der Waals surface area (Å²) in [5.41, 5.74) is 0. The first-order valence-electron chi connectivity index (χ1n) is 5.89. The zero-order chi connectivity index (χ0) is 15.0. The number of sulfonamides is 1. The van der Waals surface area contributed by atoms with E-state index >= 15 is 0 Å². The Kier molecular flexibility index (Phi) is 4.14. The van der Waals surface area contributed by atoms with Crippen molar-refractivity contribution in [3.8, 4) is 0 Å². The zero-order valence-electron chi connectivity index (χ0n) is 10.6. The van der Waals surface area contributed by atoms with E-state index in [4.69, 9.17) is 4.74 Å². The van der Waals surface area contributed by atoms with Crippen LogP contribution < -0.4 is 4.72 Å². The van der Waals surface area contributed by atoms with Crippen molar-refractivity contribution < 1.29 is 25.5 Å². The lowest BCUT2D eigenvalue weighted by Crippen LogP contribution is -2.39. The Morgan fingerprint density at radius 2 is 1.70 bits per heavy atom. The van der Waals surface area contributed by atoms with Crippen LogP contribution in [0.3, 0.4) is 0 Å². The standard InChI is InChI=1S/C11H14FNO5S2/c1-8-11(6-7-18-8)13-20(16,17)10-4-2-9(3-5-10)19(12,14)15/h2-5,8,11,13H,6-7H2,1H3. The van der Waals surface area contributed by atoms with Crippen molar-refractivity contribution in [2.24, 2.45) is 0 Å². The summed E-state index contributed by atoms with van der Waals surface area (Å²) in [6.07, 6.45) is 0.340. The predicted molar refractivity (Wildman–Crippen MR) is 68.9 cm³/mol. The Morgan fingerprint density at radius 1 is 1.15 bits per heavy atom. The summed E-state index contributed by atoms with van der Waals surface area (Å²) in [6.45, 7) is 2.24. The Bertz CT molecular complexity index is 684. The van der Waals surface area contributed by atoms with Crippen LogP contribution in [-0.4, -0.2) is 35.6 Å². The normalized spacial score (nSPS) is 23.9. The van der Waals surface area contributed by atoms with E-state index in [2.05, 4.69) is 4.72 Å². The molecule has 0 radical (unpaired) electrons. The van der Waals surface area contributed by atoms with Crippen molar-refractivity contribution in [3.05, 3.63) is 24.3 Å². The van der Waals surface area contributed by atoms with E-state index in [0.29, 0.717) is 13.0 Å². The lowest BCUT2D eigenvalue weighted by Gasteiger charge is -2.16. The van der Waals surface area contributed by atoms with Crippen LogP contribution in [0.25, 0.3) is 0 Å². The third-order valence-corrected chi connectivity index (χ3v) is 5.44. The lowest BCUT2D eigenvalue weighted by atomic mass is 10.2. The molecule has 1 aromatic carbocycles. The van der Waals surface area contributed by atoms with Crippen molar-refractivity contribution in [3.63, 3.8) is 0 Å². The average Bonchev–Trinajstić information content (AvgIpc) is 2.73. The van der Waals surface area contributed by atoms with Crippen molar-refractivity contribution >= 4 is 20.2 Å². The minimum Gasteiger partial charge on any atom is -0.377 e. The van der Waals surface area contributed by atoms with E-state index < -0.39 is 25.1 Å². The highest BCUT2D eigenvalue weighted by atomic mass is 32.3. The van der Waals surface area contributed by atoms with Gasteiger partial charge in [-0.15, -0.1) is 3.89 Å². The Hall–Kier alpha value is -1.03. The topological polar surface area (TPSA) is 89.5 Å². The summed E-state index contributed by atoms with van der Waals surface area (Å²) in [4.78, 5) is -0.696. The van der Waals surface area contributed by atoms with Gasteiger partial charge in [0.25, 0.3) is 0 Å². The molecule has 1 aromatic rings. The molecule has 112 valence electrons. The second-order valence-electron chi connectivity index (χ2n) is 4.50. The second-order valence-corrected chi connectivity index (χ2v) is 7.56. The van der Waals surface area contributed by atoms with Gasteiger partial charge in [-0.05, 0) is 37.6 Å². The van der Waals surface area contributed by atoms with Crippen LogP contribution >= 0.6 is 0 Å². The lowest BCUT2D eigenvalue weighted by molar-refractivity contribution is 0.117. The van der Waals surface area contributed by atoms with Crippen LogP contribution in [-0.2, 0) is 25.0 Å². The average molecular weight is 323 g/mol. The smallest absolute Gasteiger partial charge is 0.332 e. The van der Waals surface area contributed by atoms with E-state index in [9.17, 15) is 20.7 Å². The number of nitrogens with one attached hydrogen (secondary N) is 1. The summed E-state index contributed by atoms with van der Waals surface area (Å²) in [6, 6.07) is 3.60. The van der Waals surface area contributed by atoms with Gasteiger partial charge in [-0.1, -0.05) is 0 Å². The second kappa shape index (κ2) is 5.40. The van der Waals surface area contributed by atoms with Crippen molar-refractivity contribution in [2.45, 2.75) is 35.3 Å². The van der Waals surface area contributed by atoms with Crippen LogP contribution in [0.2, 0.25) is 0 Å². The molecule has 1 heterocycles. The summed E-state index contributed by atoms with van der Waals surface area (Å²) >= 11 is 0. The van der Waals surface area contributed by atoms with Crippen LogP contribution in [0.5, 0.6) is 0 Å². The quantitative estimate of drug-likeness (QED) is 0.828. The summed E-state index contributed by atoms with van der Waals surface area (Å²) in [5, 5.41) is 0. The maximum atomic E-state index is 12.7. The summed E-state index contributed by atoms with van der Waals surface area (Å²) in [7, 11) is -8.62. The highest BCUT2D eigenvalue weighted by Gasteiger charge is 2.29. The largest absolute Gasteiger partial charge is 0.377 e. The molecule has 6 nitrogen and oxygen atoms in total. The fourth-order valence-corrected chi connectivity index (χ4v) is 3.73. The first-order chi connectivity index (χ1) is 9.20. The fraction of sp³-hybridized carbons (Fsp3) is 0.455. The van der Waals surface area contributed by atoms with E-state index in [1.807, 2.05) is 0 Å². The molecule has 0 aromatic heterocycles. The van der Waals surface area contributed by atoms with Crippen molar-refractivity contribution in [1.82, 2.24) is 4.72 Å². The molecule has 1 N–H and O–H groups in total. The van der Waals surface area contributed by atoms with Gasteiger partial charge >= 0.3 is 10.2 Å². The number of hydrogen-bond donors (Lipinski definition) is 1. The number of halogens is 1. The Morgan fingerprint density at radius 3 is 2.15 bits per heavy atom. The molecule has 1 fully saturated rings. The molecule has 1 saturated heterocycles. The van der Waals surface area contributed by atoms with Gasteiger partial charge in [0.1, 0.15) is 0 Å². The zero-order valence-corrected chi connectivity index (χ0v) is 12.2. The number of rotatable bonds is 4. The van der Waals surface area contributed by atoms with Gasteiger partial charge < -0.3 is 4.74 Å². The Labute approximate surface area is 117 Å². The number of benzene rings is 1. The molecular weight excluding hydrogens is 309 g/mol. The minimum absolute atomic E-state index is 0.121.